The second-order valence-electron chi connectivity index (χ2n) is 18.2. The third kappa shape index (κ3) is 13.5. The molecule has 0 saturated carbocycles. The number of ether oxygens (including phenoxy) is 7. The molecule has 1 fully saturated rings. The van der Waals surface area contributed by atoms with Gasteiger partial charge < -0.3 is 43.8 Å². The molecule has 6 aromatic rings. The molecule has 2 amide bonds. The summed E-state index contributed by atoms with van der Waals surface area (Å²) in [5.41, 5.74) is 7.02. The Balaban J connectivity index is 1.05. The molecule has 6 atom stereocenters. The van der Waals surface area contributed by atoms with E-state index < -0.39 is 66.7 Å². The predicted octanol–water partition coefficient (Wildman–Crippen LogP) is 9.44. The molecule has 1 saturated heterocycles. The molecule has 358 valence electrons. The van der Waals surface area contributed by atoms with Crippen molar-refractivity contribution in [2.45, 2.75) is 102 Å². The number of nitrogens with one attached hydrogen (secondary N) is 2. The third-order valence-corrected chi connectivity index (χ3v) is 11.9. The third-order valence-electron chi connectivity index (χ3n) is 11.9. The molecular formula is C57H60N2O10. The highest BCUT2D eigenvalue weighted by Crippen LogP contribution is 2.44. The largest absolute Gasteiger partial charge is 0.458 e. The lowest BCUT2D eigenvalue weighted by molar-refractivity contribution is -0.277. The summed E-state index contributed by atoms with van der Waals surface area (Å²) in [6.45, 7) is 6.10. The fraction of sp³-hybridized carbons (Fsp3) is 0.316. The fourth-order valence-electron chi connectivity index (χ4n) is 8.66. The van der Waals surface area contributed by atoms with Gasteiger partial charge in [0, 0.05) is 5.92 Å². The van der Waals surface area contributed by atoms with Gasteiger partial charge in [-0.15, -0.1) is 0 Å². The second-order valence-corrected chi connectivity index (χ2v) is 18.2. The molecule has 1 aliphatic heterocycles. The number of benzene rings is 6. The summed E-state index contributed by atoms with van der Waals surface area (Å²) in [5, 5.41) is 5.65. The number of carbonyl (C=O) groups excluding carboxylic acids is 3. The fourth-order valence-corrected chi connectivity index (χ4v) is 8.66. The van der Waals surface area contributed by atoms with E-state index in [1.807, 2.05) is 170 Å². The maximum absolute atomic E-state index is 14.5. The Bertz CT molecular complexity index is 2530. The highest BCUT2D eigenvalue weighted by Gasteiger charge is 2.49. The molecular weight excluding hydrogens is 873 g/mol. The van der Waals surface area contributed by atoms with E-state index in [-0.39, 0.29) is 39.0 Å². The van der Waals surface area contributed by atoms with Gasteiger partial charge in [-0.3, -0.25) is 4.79 Å². The molecule has 12 nitrogen and oxygen atoms in total. The van der Waals surface area contributed by atoms with Crippen LogP contribution < -0.4 is 10.6 Å². The maximum Gasteiger partial charge on any atom is 0.407 e. The van der Waals surface area contributed by atoms with E-state index in [9.17, 15) is 14.4 Å². The van der Waals surface area contributed by atoms with Gasteiger partial charge in [-0.05, 0) is 65.3 Å². The van der Waals surface area contributed by atoms with Crippen LogP contribution in [0.4, 0.5) is 4.79 Å². The SMILES string of the molecule is CC(C)(C)OC(=O)C(CC(=O)N[C@H]1O[C@H](COCc2ccccc2)[C@@H](OCc2ccccc2)[C@H](OCc2ccccc2)[C@H]1OCc1ccccc1)NC(=O)OCC1c2ccccc2-c2ccccc21. The molecule has 0 radical (unpaired) electrons. The van der Waals surface area contributed by atoms with Crippen molar-refractivity contribution in [3.63, 3.8) is 0 Å². The van der Waals surface area contributed by atoms with Crippen LogP contribution in [0.2, 0.25) is 0 Å². The van der Waals surface area contributed by atoms with Crippen LogP contribution in [0.1, 0.15) is 66.5 Å². The summed E-state index contributed by atoms with van der Waals surface area (Å²) in [7, 11) is 0. The maximum atomic E-state index is 14.5. The normalized spacial score (nSPS) is 19.1. The lowest BCUT2D eigenvalue weighted by Crippen LogP contribution is -2.65. The summed E-state index contributed by atoms with van der Waals surface area (Å²) in [4.78, 5) is 42.0. The molecule has 1 heterocycles. The van der Waals surface area contributed by atoms with Crippen molar-refractivity contribution < 1.29 is 47.5 Å². The van der Waals surface area contributed by atoms with Crippen LogP contribution in [0, 0.1) is 0 Å². The van der Waals surface area contributed by atoms with E-state index in [1.165, 1.54) is 0 Å². The van der Waals surface area contributed by atoms with Gasteiger partial charge in [0.05, 0.1) is 39.5 Å². The topological polar surface area (TPSA) is 140 Å². The molecule has 0 aromatic heterocycles. The van der Waals surface area contributed by atoms with Gasteiger partial charge in [0.25, 0.3) is 0 Å². The van der Waals surface area contributed by atoms with Crippen LogP contribution >= 0.6 is 0 Å². The Morgan fingerprint density at radius 2 is 1.00 bits per heavy atom. The van der Waals surface area contributed by atoms with Crippen LogP contribution in [0.25, 0.3) is 11.1 Å². The van der Waals surface area contributed by atoms with Crippen LogP contribution in [0.15, 0.2) is 170 Å². The monoisotopic (exact) mass is 932 g/mol. The Labute approximate surface area is 404 Å². The van der Waals surface area contributed by atoms with Crippen molar-refractivity contribution in [1.82, 2.24) is 10.6 Å². The van der Waals surface area contributed by atoms with E-state index >= 15 is 0 Å². The summed E-state index contributed by atoms with van der Waals surface area (Å²) >= 11 is 0. The van der Waals surface area contributed by atoms with Gasteiger partial charge in [-0.2, -0.15) is 0 Å². The Morgan fingerprint density at radius 3 is 1.51 bits per heavy atom. The van der Waals surface area contributed by atoms with Crippen molar-refractivity contribution in [1.29, 1.82) is 0 Å². The summed E-state index contributed by atoms with van der Waals surface area (Å²) in [5.74, 6) is -1.65. The molecule has 1 aliphatic carbocycles. The zero-order chi connectivity index (χ0) is 48.0. The minimum atomic E-state index is -1.43. The lowest BCUT2D eigenvalue weighted by atomic mass is 9.96. The first-order valence-electron chi connectivity index (χ1n) is 23.5. The van der Waals surface area contributed by atoms with Gasteiger partial charge in [0.15, 0.2) is 6.23 Å². The summed E-state index contributed by atoms with van der Waals surface area (Å²) in [6.07, 6.45) is -5.81. The summed E-state index contributed by atoms with van der Waals surface area (Å²) < 4.78 is 45.0. The molecule has 1 unspecified atom stereocenters. The number of alkyl carbamates (subject to hydrolysis) is 1. The zero-order valence-electron chi connectivity index (χ0n) is 39.2. The standard InChI is InChI=1S/C57H60N2O10/c1-57(2,3)69-55(61)48(58-56(62)67-37-47-45-30-18-16-28-43(45)44-29-17-19-31-46(44)47)32-50(60)59-54-53(66-36-42-26-14-7-15-27-42)52(65-35-41-24-12-6-13-25-41)51(64-34-40-22-10-5-11-23-40)49(68-54)38-63-33-39-20-8-4-9-21-39/h4-31,47-49,51-54H,32-38H2,1-3H3,(H,58,62)(H,59,60)/t48?,49-,51-,52+,53-,54+/m1/s1. The van der Waals surface area contributed by atoms with E-state index in [0.717, 1.165) is 44.5 Å². The van der Waals surface area contributed by atoms with E-state index in [1.54, 1.807) is 20.8 Å². The van der Waals surface area contributed by atoms with Crippen LogP contribution in [-0.2, 0) is 69.2 Å². The molecule has 12 heteroatoms. The van der Waals surface area contributed by atoms with Gasteiger partial charge in [0.1, 0.15) is 42.7 Å². The van der Waals surface area contributed by atoms with Crippen molar-refractivity contribution in [2.75, 3.05) is 13.2 Å². The molecule has 2 aliphatic rings. The average molecular weight is 933 g/mol. The minimum absolute atomic E-state index is 0.00898. The van der Waals surface area contributed by atoms with E-state index in [4.69, 9.17) is 33.2 Å². The average Bonchev–Trinajstić information content (AvgIpc) is 3.68. The second kappa shape index (κ2) is 23.6. The number of hydrogen-bond acceptors (Lipinski definition) is 10. The zero-order valence-corrected chi connectivity index (χ0v) is 39.2. The predicted molar refractivity (Wildman–Crippen MR) is 260 cm³/mol. The quantitative estimate of drug-likeness (QED) is 0.0712. The number of carbonyl (C=O) groups is 3. The van der Waals surface area contributed by atoms with E-state index in [0.29, 0.717) is 6.61 Å². The summed E-state index contributed by atoms with van der Waals surface area (Å²) in [6, 6.07) is 53.6. The Kier molecular flexibility index (Phi) is 16.7. The number of esters is 1. The van der Waals surface area contributed by atoms with Crippen LogP contribution in [-0.4, -0.2) is 73.5 Å². The highest BCUT2D eigenvalue weighted by molar-refractivity contribution is 5.88. The van der Waals surface area contributed by atoms with Crippen LogP contribution in [0.5, 0.6) is 0 Å². The number of hydrogen-bond donors (Lipinski definition) is 2. The molecule has 6 aromatic carbocycles. The van der Waals surface area contributed by atoms with Gasteiger partial charge in [0.2, 0.25) is 5.91 Å². The van der Waals surface area contributed by atoms with Gasteiger partial charge in [-0.25, -0.2) is 9.59 Å². The van der Waals surface area contributed by atoms with Gasteiger partial charge in [-0.1, -0.05) is 170 Å². The first-order valence-corrected chi connectivity index (χ1v) is 23.5. The molecule has 8 rings (SSSR count). The number of rotatable bonds is 20. The number of amides is 2. The lowest BCUT2D eigenvalue weighted by Gasteiger charge is -2.46. The highest BCUT2D eigenvalue weighted by atomic mass is 16.6. The van der Waals surface area contributed by atoms with Crippen molar-refractivity contribution in [2.24, 2.45) is 0 Å². The molecule has 0 bridgehead atoms. The van der Waals surface area contributed by atoms with Crippen LogP contribution in [0.3, 0.4) is 0 Å². The van der Waals surface area contributed by atoms with Gasteiger partial charge >= 0.3 is 12.1 Å². The van der Waals surface area contributed by atoms with Crippen molar-refractivity contribution in [3.8, 4) is 11.1 Å². The Hall–Kier alpha value is -6.67. The smallest absolute Gasteiger partial charge is 0.407 e. The molecule has 69 heavy (non-hydrogen) atoms. The van der Waals surface area contributed by atoms with E-state index in [2.05, 4.69) is 10.6 Å². The molecule has 0 spiro atoms. The van der Waals surface area contributed by atoms with Crippen molar-refractivity contribution in [3.05, 3.63) is 203 Å². The number of fused-ring (bicyclic) bond motifs is 3. The first kappa shape index (κ1) is 48.8. The molecule has 2 N–H and O–H groups in total. The minimum Gasteiger partial charge on any atom is -0.458 e. The first-order chi connectivity index (χ1) is 33.6. The van der Waals surface area contributed by atoms with Crippen molar-refractivity contribution >= 4 is 18.0 Å². The Morgan fingerprint density at radius 1 is 0.551 bits per heavy atom.